The third-order valence-electron chi connectivity index (χ3n) is 3.56. The van der Waals surface area contributed by atoms with Gasteiger partial charge in [0, 0.05) is 21.8 Å². The molecule has 0 spiro atoms. The van der Waals surface area contributed by atoms with Crippen molar-refractivity contribution in [3.63, 3.8) is 0 Å². The number of halogens is 1. The summed E-state index contributed by atoms with van der Waals surface area (Å²) in [6, 6.07) is 9.62. The van der Waals surface area contributed by atoms with Gasteiger partial charge in [0.2, 0.25) is 0 Å². The van der Waals surface area contributed by atoms with Crippen molar-refractivity contribution in [3.8, 4) is 11.5 Å². The van der Waals surface area contributed by atoms with Gasteiger partial charge in [-0.25, -0.2) is 0 Å². The zero-order valence-corrected chi connectivity index (χ0v) is 13.0. The number of aromatic hydroxyl groups is 1. The summed E-state index contributed by atoms with van der Waals surface area (Å²) < 4.78 is 6.77. The number of benzene rings is 2. The van der Waals surface area contributed by atoms with E-state index < -0.39 is 0 Å². The molecule has 3 nitrogen and oxygen atoms in total. The lowest BCUT2D eigenvalue weighted by molar-refractivity contribution is 0.338. The Morgan fingerprint density at radius 2 is 1.90 bits per heavy atom. The number of phenols is 1. The molecule has 0 bridgehead atoms. The van der Waals surface area contributed by atoms with Gasteiger partial charge in [-0.15, -0.1) is 0 Å². The highest BCUT2D eigenvalue weighted by Crippen LogP contribution is 2.37. The maximum absolute atomic E-state index is 9.47. The minimum absolute atomic E-state index is 0.116. The summed E-state index contributed by atoms with van der Waals surface area (Å²) in [4.78, 5) is 0. The molecule has 2 N–H and O–H groups in total. The van der Waals surface area contributed by atoms with E-state index >= 15 is 0 Å². The molecule has 0 aromatic heterocycles. The molecule has 0 aliphatic carbocycles. The molecule has 20 heavy (non-hydrogen) atoms. The van der Waals surface area contributed by atoms with E-state index in [2.05, 4.69) is 47.2 Å². The third-order valence-corrected chi connectivity index (χ3v) is 4.81. The van der Waals surface area contributed by atoms with Gasteiger partial charge < -0.3 is 15.2 Å². The fourth-order valence-electron chi connectivity index (χ4n) is 2.55. The maximum Gasteiger partial charge on any atom is 0.128 e. The first-order valence-electron chi connectivity index (χ1n) is 6.53. The molecule has 1 atom stereocenters. The lowest BCUT2D eigenvalue weighted by Gasteiger charge is -2.15. The highest BCUT2D eigenvalue weighted by molar-refractivity contribution is 9.10. The van der Waals surface area contributed by atoms with Crippen LogP contribution >= 0.6 is 15.9 Å². The van der Waals surface area contributed by atoms with Crippen LogP contribution in [0.3, 0.4) is 0 Å². The normalized spacial score (nSPS) is 16.6. The number of nitrogens with one attached hydrogen (secondary N) is 1. The van der Waals surface area contributed by atoms with Crippen LogP contribution in [-0.2, 0) is 0 Å². The molecule has 1 aliphatic rings. The molecule has 3 rings (SSSR count). The smallest absolute Gasteiger partial charge is 0.128 e. The summed E-state index contributed by atoms with van der Waals surface area (Å²) in [5.41, 5.74) is 4.58. The highest BCUT2D eigenvalue weighted by atomic mass is 79.9. The fraction of sp³-hybridized carbons (Fsp3) is 0.250. The van der Waals surface area contributed by atoms with Gasteiger partial charge in [0.25, 0.3) is 0 Å². The number of aryl methyl sites for hydroxylation is 2. The van der Waals surface area contributed by atoms with Crippen molar-refractivity contribution in [1.29, 1.82) is 0 Å². The zero-order chi connectivity index (χ0) is 14.3. The van der Waals surface area contributed by atoms with Crippen molar-refractivity contribution >= 4 is 21.6 Å². The SMILES string of the molecule is Cc1cc(NC2COc3cc(O)ccc32)cc(C)c1Br. The van der Waals surface area contributed by atoms with Crippen LogP contribution in [0.5, 0.6) is 11.5 Å². The second kappa shape index (κ2) is 5.02. The van der Waals surface area contributed by atoms with Gasteiger partial charge in [0.15, 0.2) is 0 Å². The second-order valence-electron chi connectivity index (χ2n) is 5.15. The molecule has 2 aromatic carbocycles. The minimum Gasteiger partial charge on any atom is -0.508 e. The fourth-order valence-corrected chi connectivity index (χ4v) is 2.78. The highest BCUT2D eigenvalue weighted by Gasteiger charge is 2.24. The quantitative estimate of drug-likeness (QED) is 0.860. The predicted molar refractivity (Wildman–Crippen MR) is 83.6 cm³/mol. The van der Waals surface area contributed by atoms with Gasteiger partial charge in [-0.2, -0.15) is 0 Å². The van der Waals surface area contributed by atoms with Gasteiger partial charge in [0.05, 0.1) is 6.04 Å². The number of ether oxygens (including phenoxy) is 1. The van der Waals surface area contributed by atoms with Crippen LogP contribution in [0.1, 0.15) is 22.7 Å². The first-order chi connectivity index (χ1) is 9.54. The van der Waals surface area contributed by atoms with E-state index in [1.165, 1.54) is 11.1 Å². The van der Waals surface area contributed by atoms with Crippen LogP contribution in [0.15, 0.2) is 34.8 Å². The lowest BCUT2D eigenvalue weighted by atomic mass is 10.1. The number of hydrogen-bond acceptors (Lipinski definition) is 3. The van der Waals surface area contributed by atoms with Crippen molar-refractivity contribution in [2.45, 2.75) is 19.9 Å². The van der Waals surface area contributed by atoms with Crippen LogP contribution in [0.25, 0.3) is 0 Å². The molecule has 4 heteroatoms. The van der Waals surface area contributed by atoms with Gasteiger partial charge in [-0.1, -0.05) is 15.9 Å². The Bertz CT molecular complexity index is 647. The Morgan fingerprint density at radius 1 is 1.20 bits per heavy atom. The van der Waals surface area contributed by atoms with Crippen molar-refractivity contribution in [2.75, 3.05) is 11.9 Å². The molecule has 0 fully saturated rings. The molecule has 0 radical (unpaired) electrons. The summed E-state index contributed by atoms with van der Waals surface area (Å²) in [6.07, 6.45) is 0. The largest absolute Gasteiger partial charge is 0.508 e. The standard InChI is InChI=1S/C16H16BrNO2/c1-9-5-11(6-10(2)16(9)17)18-14-8-20-15-7-12(19)3-4-13(14)15/h3-7,14,18-19H,8H2,1-2H3. The monoisotopic (exact) mass is 333 g/mol. The van der Waals surface area contributed by atoms with Crippen molar-refractivity contribution in [1.82, 2.24) is 0 Å². The Morgan fingerprint density at radius 3 is 2.60 bits per heavy atom. The molecule has 0 saturated heterocycles. The van der Waals surface area contributed by atoms with E-state index in [0.29, 0.717) is 6.61 Å². The number of rotatable bonds is 2. The molecular weight excluding hydrogens is 318 g/mol. The van der Waals surface area contributed by atoms with E-state index in [9.17, 15) is 5.11 Å². The van der Waals surface area contributed by atoms with E-state index in [0.717, 1.165) is 21.5 Å². The summed E-state index contributed by atoms with van der Waals surface area (Å²) in [6.45, 7) is 4.74. The maximum atomic E-state index is 9.47. The summed E-state index contributed by atoms with van der Waals surface area (Å²) in [5.74, 6) is 0.993. The zero-order valence-electron chi connectivity index (χ0n) is 11.4. The molecule has 0 saturated carbocycles. The van der Waals surface area contributed by atoms with Crippen LogP contribution in [0, 0.1) is 13.8 Å². The van der Waals surface area contributed by atoms with E-state index in [-0.39, 0.29) is 11.8 Å². The van der Waals surface area contributed by atoms with Gasteiger partial charge in [-0.3, -0.25) is 0 Å². The van der Waals surface area contributed by atoms with E-state index in [1.54, 1.807) is 12.1 Å². The van der Waals surface area contributed by atoms with Crippen molar-refractivity contribution in [2.24, 2.45) is 0 Å². The molecule has 2 aromatic rings. The molecule has 1 aliphatic heterocycles. The second-order valence-corrected chi connectivity index (χ2v) is 5.95. The van der Waals surface area contributed by atoms with Gasteiger partial charge in [-0.05, 0) is 49.2 Å². The molecular formula is C16H16BrNO2. The Hall–Kier alpha value is -1.68. The van der Waals surface area contributed by atoms with Gasteiger partial charge in [0.1, 0.15) is 18.1 Å². The lowest BCUT2D eigenvalue weighted by Crippen LogP contribution is -2.12. The topological polar surface area (TPSA) is 41.5 Å². The van der Waals surface area contributed by atoms with Crippen LogP contribution < -0.4 is 10.1 Å². The van der Waals surface area contributed by atoms with Gasteiger partial charge >= 0.3 is 0 Å². The number of phenolic OH excluding ortho intramolecular Hbond substituents is 1. The first-order valence-corrected chi connectivity index (χ1v) is 7.33. The Labute approximate surface area is 126 Å². The van der Waals surface area contributed by atoms with Crippen LogP contribution in [-0.4, -0.2) is 11.7 Å². The molecule has 0 amide bonds. The Balaban J connectivity index is 1.87. The molecule has 1 heterocycles. The number of fused-ring (bicyclic) bond motifs is 1. The minimum atomic E-state index is 0.116. The summed E-state index contributed by atoms with van der Waals surface area (Å²) in [5, 5.41) is 13.0. The van der Waals surface area contributed by atoms with Crippen LogP contribution in [0.2, 0.25) is 0 Å². The van der Waals surface area contributed by atoms with Crippen molar-refractivity contribution in [3.05, 3.63) is 51.5 Å². The predicted octanol–water partition coefficient (Wildman–Crippen LogP) is 4.32. The Kier molecular flexibility index (Phi) is 3.34. The summed E-state index contributed by atoms with van der Waals surface area (Å²) >= 11 is 3.58. The summed E-state index contributed by atoms with van der Waals surface area (Å²) in [7, 11) is 0. The third kappa shape index (κ3) is 2.36. The van der Waals surface area contributed by atoms with Crippen LogP contribution in [0.4, 0.5) is 5.69 Å². The average molecular weight is 334 g/mol. The van der Waals surface area contributed by atoms with E-state index in [4.69, 9.17) is 4.74 Å². The number of hydrogen-bond donors (Lipinski definition) is 2. The van der Waals surface area contributed by atoms with E-state index in [1.807, 2.05) is 6.07 Å². The average Bonchev–Trinajstić information content (AvgIpc) is 2.78. The van der Waals surface area contributed by atoms with Crippen molar-refractivity contribution < 1.29 is 9.84 Å². The molecule has 104 valence electrons. The molecule has 1 unspecified atom stereocenters. The first kappa shape index (κ1) is 13.3. The number of anilines is 1.